The van der Waals surface area contributed by atoms with Gasteiger partial charge in [-0.15, -0.1) is 14.8 Å². The Labute approximate surface area is 135 Å². The smallest absolute Gasteiger partial charge is 0.200 e. The fraction of sp³-hybridized carbons (Fsp3) is 0.286. The van der Waals surface area contributed by atoms with Gasteiger partial charge in [0.15, 0.2) is 11.5 Å². The number of anilines is 1. The van der Waals surface area contributed by atoms with Gasteiger partial charge in [0.25, 0.3) is 0 Å². The molecule has 22 heavy (non-hydrogen) atoms. The van der Waals surface area contributed by atoms with E-state index >= 15 is 0 Å². The van der Waals surface area contributed by atoms with Gasteiger partial charge in [0.05, 0.1) is 6.61 Å². The zero-order valence-corrected chi connectivity index (χ0v) is 13.2. The maximum Gasteiger partial charge on any atom is 0.200 e. The van der Waals surface area contributed by atoms with Crippen LogP contribution < -0.4 is 4.90 Å². The van der Waals surface area contributed by atoms with Crippen LogP contribution in [0.5, 0.6) is 0 Å². The van der Waals surface area contributed by atoms with Crippen molar-refractivity contribution in [2.24, 2.45) is 0 Å². The number of hydrogen-bond acceptors (Lipinski definition) is 6. The monoisotopic (exact) mass is 360 g/mol. The van der Waals surface area contributed by atoms with Gasteiger partial charge in [-0.25, -0.2) is 0 Å². The molecule has 1 atom stereocenters. The minimum Gasteiger partial charge on any atom is -0.370 e. The number of aromatic nitrogens is 5. The largest absolute Gasteiger partial charge is 0.370 e. The summed E-state index contributed by atoms with van der Waals surface area (Å²) in [5, 5.41) is 15.8. The van der Waals surface area contributed by atoms with E-state index in [4.69, 9.17) is 4.74 Å². The van der Waals surface area contributed by atoms with Gasteiger partial charge in [-0.3, -0.25) is 0 Å². The molecule has 0 spiro atoms. The Morgan fingerprint density at radius 1 is 1.14 bits per heavy atom. The Kier molecular flexibility index (Phi) is 3.47. The molecule has 112 valence electrons. The predicted molar refractivity (Wildman–Crippen MR) is 83.6 cm³/mol. The predicted octanol–water partition coefficient (Wildman–Crippen LogP) is 1.86. The molecule has 7 nitrogen and oxygen atoms in total. The Morgan fingerprint density at radius 3 is 2.86 bits per heavy atom. The molecule has 4 rings (SSSR count). The summed E-state index contributed by atoms with van der Waals surface area (Å²) in [5.74, 6) is 0.852. The molecule has 1 saturated heterocycles. The van der Waals surface area contributed by atoms with E-state index in [1.165, 1.54) is 4.63 Å². The van der Waals surface area contributed by atoms with Crippen molar-refractivity contribution < 1.29 is 4.74 Å². The second-order valence-corrected chi connectivity index (χ2v) is 5.99. The summed E-state index contributed by atoms with van der Waals surface area (Å²) in [7, 11) is 0. The molecule has 2 aromatic heterocycles. The minimum absolute atomic E-state index is 0.0354. The number of morpholine rings is 1. The average molecular weight is 361 g/mol. The topological polar surface area (TPSA) is 68.4 Å². The number of fused-ring (bicyclic) bond motifs is 1. The molecule has 1 aliphatic rings. The highest BCUT2D eigenvalue weighted by Gasteiger charge is 2.23. The third kappa shape index (κ3) is 2.55. The lowest BCUT2D eigenvalue weighted by atomic mass is 10.1. The number of ether oxygens (including phenoxy) is 1. The molecule has 1 aromatic carbocycles. The maximum atomic E-state index is 5.90. The Hall–Kier alpha value is -2.06. The first kappa shape index (κ1) is 13.6. The van der Waals surface area contributed by atoms with Crippen LogP contribution in [0.2, 0.25) is 0 Å². The Balaban J connectivity index is 1.58. The SMILES string of the molecule is Brc1ccc(C2CN(c3ccc4nnnn4n3)CCO2)cc1. The van der Waals surface area contributed by atoms with Crippen molar-refractivity contribution in [3.8, 4) is 0 Å². The Morgan fingerprint density at radius 2 is 2.00 bits per heavy atom. The molecule has 1 fully saturated rings. The van der Waals surface area contributed by atoms with Crippen LogP contribution >= 0.6 is 15.9 Å². The second kappa shape index (κ2) is 5.62. The first-order valence-electron chi connectivity index (χ1n) is 6.97. The number of hydrogen-bond donors (Lipinski definition) is 0. The fourth-order valence-electron chi connectivity index (χ4n) is 2.55. The third-order valence-electron chi connectivity index (χ3n) is 3.69. The number of rotatable bonds is 2. The van der Waals surface area contributed by atoms with Gasteiger partial charge in [0, 0.05) is 17.6 Å². The normalized spacial score (nSPS) is 18.8. The van der Waals surface area contributed by atoms with Crippen LogP contribution in [-0.4, -0.2) is 45.0 Å². The molecule has 8 heteroatoms. The van der Waals surface area contributed by atoms with Crippen molar-refractivity contribution in [2.75, 3.05) is 24.6 Å². The van der Waals surface area contributed by atoms with Crippen LogP contribution in [-0.2, 0) is 4.74 Å². The van der Waals surface area contributed by atoms with Gasteiger partial charge in [-0.1, -0.05) is 28.1 Å². The molecule has 0 saturated carbocycles. The highest BCUT2D eigenvalue weighted by atomic mass is 79.9. The summed E-state index contributed by atoms with van der Waals surface area (Å²) in [4.78, 5) is 2.19. The van der Waals surface area contributed by atoms with Crippen LogP contribution in [0.25, 0.3) is 5.65 Å². The molecular weight excluding hydrogens is 348 g/mol. The molecule has 0 bridgehead atoms. The molecule has 1 aliphatic heterocycles. The summed E-state index contributed by atoms with van der Waals surface area (Å²) in [6, 6.07) is 12.0. The van der Waals surface area contributed by atoms with Gasteiger partial charge < -0.3 is 9.64 Å². The first-order chi connectivity index (χ1) is 10.8. The molecule has 0 N–H and O–H groups in total. The molecular formula is C14H13BrN6O. The number of benzene rings is 1. The quantitative estimate of drug-likeness (QED) is 0.694. The van der Waals surface area contributed by atoms with Crippen LogP contribution in [0.4, 0.5) is 5.82 Å². The van der Waals surface area contributed by atoms with Gasteiger partial charge in [0.1, 0.15) is 6.10 Å². The number of halogens is 1. The van der Waals surface area contributed by atoms with E-state index < -0.39 is 0 Å². The number of nitrogens with zero attached hydrogens (tertiary/aromatic N) is 6. The fourth-order valence-corrected chi connectivity index (χ4v) is 2.81. The van der Waals surface area contributed by atoms with Crippen molar-refractivity contribution in [1.29, 1.82) is 0 Å². The van der Waals surface area contributed by atoms with Crippen molar-refractivity contribution in [3.63, 3.8) is 0 Å². The van der Waals surface area contributed by atoms with E-state index in [1.807, 2.05) is 24.3 Å². The molecule has 0 radical (unpaired) electrons. The lowest BCUT2D eigenvalue weighted by Gasteiger charge is -2.33. The molecule has 0 amide bonds. The van der Waals surface area contributed by atoms with Crippen LogP contribution in [0, 0.1) is 0 Å². The van der Waals surface area contributed by atoms with Crippen molar-refractivity contribution in [2.45, 2.75) is 6.10 Å². The van der Waals surface area contributed by atoms with Crippen molar-refractivity contribution in [3.05, 3.63) is 46.4 Å². The summed E-state index contributed by atoms with van der Waals surface area (Å²) >= 11 is 3.45. The first-order valence-corrected chi connectivity index (χ1v) is 7.76. The van der Waals surface area contributed by atoms with E-state index in [2.05, 4.69) is 53.6 Å². The van der Waals surface area contributed by atoms with Crippen molar-refractivity contribution in [1.82, 2.24) is 25.3 Å². The van der Waals surface area contributed by atoms with Crippen LogP contribution in [0.15, 0.2) is 40.9 Å². The summed E-state index contributed by atoms with van der Waals surface area (Å²) in [6.45, 7) is 2.21. The van der Waals surface area contributed by atoms with E-state index in [9.17, 15) is 0 Å². The summed E-state index contributed by atoms with van der Waals surface area (Å²) < 4.78 is 8.40. The van der Waals surface area contributed by atoms with E-state index in [-0.39, 0.29) is 6.10 Å². The van der Waals surface area contributed by atoms with Gasteiger partial charge in [-0.05, 0) is 40.3 Å². The highest BCUT2D eigenvalue weighted by molar-refractivity contribution is 9.10. The zero-order valence-electron chi connectivity index (χ0n) is 11.6. The summed E-state index contributed by atoms with van der Waals surface area (Å²) in [6.07, 6.45) is 0.0354. The van der Waals surface area contributed by atoms with E-state index in [0.717, 1.165) is 28.9 Å². The zero-order chi connectivity index (χ0) is 14.9. The molecule has 1 unspecified atom stereocenters. The molecule has 0 aliphatic carbocycles. The van der Waals surface area contributed by atoms with Crippen molar-refractivity contribution >= 4 is 27.4 Å². The summed E-state index contributed by atoms with van der Waals surface area (Å²) in [5.41, 5.74) is 1.80. The maximum absolute atomic E-state index is 5.90. The second-order valence-electron chi connectivity index (χ2n) is 5.08. The van der Waals surface area contributed by atoms with E-state index in [0.29, 0.717) is 12.3 Å². The minimum atomic E-state index is 0.0354. The highest BCUT2D eigenvalue weighted by Crippen LogP contribution is 2.26. The third-order valence-corrected chi connectivity index (χ3v) is 4.22. The standard InChI is InChI=1S/C14H13BrN6O/c15-11-3-1-10(2-4-11)12-9-20(7-8-22-12)14-6-5-13-16-18-19-21(13)17-14/h1-6,12H,7-9H2. The lowest BCUT2D eigenvalue weighted by Crippen LogP contribution is -2.39. The van der Waals surface area contributed by atoms with Gasteiger partial charge in [-0.2, -0.15) is 0 Å². The Bertz CT molecular complexity index is 789. The van der Waals surface area contributed by atoms with Gasteiger partial charge >= 0.3 is 0 Å². The van der Waals surface area contributed by atoms with Crippen LogP contribution in [0.1, 0.15) is 11.7 Å². The van der Waals surface area contributed by atoms with E-state index in [1.54, 1.807) is 0 Å². The molecule has 3 aromatic rings. The van der Waals surface area contributed by atoms with Gasteiger partial charge in [0.2, 0.25) is 0 Å². The number of tetrazole rings is 1. The lowest BCUT2D eigenvalue weighted by molar-refractivity contribution is 0.0394. The molecule has 3 heterocycles. The van der Waals surface area contributed by atoms with Crippen LogP contribution in [0.3, 0.4) is 0 Å². The average Bonchev–Trinajstić information content (AvgIpc) is 3.03.